The fraction of sp³-hybridized carbons (Fsp3) is 0.208. The zero-order valence-electron chi connectivity index (χ0n) is 15.8. The summed E-state index contributed by atoms with van der Waals surface area (Å²) in [5.41, 5.74) is 3.02. The standard InChI is InChI=1S/C24H25NO2/c1-3-7-23(19-8-5-4-6-9-19)24(26)25-20-12-16-22(17-13-20)27-21-14-10-18(2)11-15-21/h4-6,8-17,23H,3,7H2,1-2H3,(H,25,26)/t23-/m0/s1. The van der Waals surface area contributed by atoms with Crippen LogP contribution in [0.2, 0.25) is 0 Å². The van der Waals surface area contributed by atoms with Crippen molar-refractivity contribution in [1.29, 1.82) is 0 Å². The molecule has 3 heteroatoms. The van der Waals surface area contributed by atoms with Gasteiger partial charge in [-0.2, -0.15) is 0 Å². The molecule has 0 aromatic heterocycles. The molecule has 1 amide bonds. The van der Waals surface area contributed by atoms with E-state index in [0.29, 0.717) is 0 Å². The van der Waals surface area contributed by atoms with Gasteiger partial charge in [-0.1, -0.05) is 61.4 Å². The Morgan fingerprint density at radius 2 is 1.48 bits per heavy atom. The fourth-order valence-electron chi connectivity index (χ4n) is 3.00. The van der Waals surface area contributed by atoms with Crippen molar-refractivity contribution < 1.29 is 9.53 Å². The highest BCUT2D eigenvalue weighted by atomic mass is 16.5. The van der Waals surface area contributed by atoms with Crippen LogP contribution in [0.15, 0.2) is 78.9 Å². The summed E-state index contributed by atoms with van der Waals surface area (Å²) in [6.45, 7) is 4.14. The quantitative estimate of drug-likeness (QED) is 0.537. The van der Waals surface area contributed by atoms with E-state index in [0.717, 1.165) is 35.6 Å². The van der Waals surface area contributed by atoms with Gasteiger partial charge >= 0.3 is 0 Å². The number of carbonyl (C=O) groups is 1. The molecule has 3 aromatic carbocycles. The molecule has 0 heterocycles. The predicted octanol–water partition coefficient (Wildman–Crippen LogP) is 6.31. The molecule has 0 aliphatic heterocycles. The van der Waals surface area contributed by atoms with Crippen molar-refractivity contribution in [2.24, 2.45) is 0 Å². The largest absolute Gasteiger partial charge is 0.457 e. The van der Waals surface area contributed by atoms with Crippen LogP contribution in [0.25, 0.3) is 0 Å². The first kappa shape index (κ1) is 18.7. The van der Waals surface area contributed by atoms with Crippen molar-refractivity contribution in [3.63, 3.8) is 0 Å². The topological polar surface area (TPSA) is 38.3 Å². The number of amides is 1. The van der Waals surface area contributed by atoms with Crippen LogP contribution in [-0.4, -0.2) is 5.91 Å². The van der Waals surface area contributed by atoms with Gasteiger partial charge < -0.3 is 10.1 Å². The summed E-state index contributed by atoms with van der Waals surface area (Å²) in [5.74, 6) is 1.42. The first-order valence-electron chi connectivity index (χ1n) is 9.36. The van der Waals surface area contributed by atoms with Crippen LogP contribution in [0.1, 0.15) is 36.8 Å². The maximum Gasteiger partial charge on any atom is 0.231 e. The number of rotatable bonds is 7. The van der Waals surface area contributed by atoms with Crippen molar-refractivity contribution in [3.8, 4) is 11.5 Å². The molecule has 0 aliphatic rings. The maximum absolute atomic E-state index is 12.8. The first-order chi connectivity index (χ1) is 13.2. The van der Waals surface area contributed by atoms with Crippen LogP contribution in [0.3, 0.4) is 0 Å². The normalized spacial score (nSPS) is 11.6. The number of hydrogen-bond acceptors (Lipinski definition) is 2. The van der Waals surface area contributed by atoms with Crippen molar-refractivity contribution in [2.45, 2.75) is 32.6 Å². The molecule has 0 fully saturated rings. The number of carbonyl (C=O) groups excluding carboxylic acids is 1. The van der Waals surface area contributed by atoms with Crippen LogP contribution >= 0.6 is 0 Å². The zero-order valence-corrected chi connectivity index (χ0v) is 15.8. The molecule has 27 heavy (non-hydrogen) atoms. The van der Waals surface area contributed by atoms with Crippen molar-refractivity contribution in [1.82, 2.24) is 0 Å². The Morgan fingerprint density at radius 3 is 2.07 bits per heavy atom. The summed E-state index contributed by atoms with van der Waals surface area (Å²) in [6.07, 6.45) is 1.78. The number of nitrogens with one attached hydrogen (secondary N) is 1. The minimum absolute atomic E-state index is 0.0234. The second-order valence-corrected chi connectivity index (χ2v) is 6.68. The van der Waals surface area contributed by atoms with Gasteiger partial charge in [0.25, 0.3) is 0 Å². The summed E-state index contributed by atoms with van der Waals surface area (Å²) in [4.78, 5) is 12.8. The van der Waals surface area contributed by atoms with Gasteiger partial charge in [0.15, 0.2) is 0 Å². The molecule has 1 N–H and O–H groups in total. The van der Waals surface area contributed by atoms with E-state index in [1.54, 1.807) is 0 Å². The van der Waals surface area contributed by atoms with Crippen LogP contribution < -0.4 is 10.1 Å². The number of aryl methyl sites for hydroxylation is 1. The Labute approximate surface area is 161 Å². The fourth-order valence-corrected chi connectivity index (χ4v) is 3.00. The van der Waals surface area contributed by atoms with Crippen molar-refractivity contribution in [2.75, 3.05) is 5.32 Å². The molecule has 0 saturated carbocycles. The van der Waals surface area contributed by atoms with Crippen molar-refractivity contribution in [3.05, 3.63) is 90.0 Å². The zero-order chi connectivity index (χ0) is 19.1. The molecular weight excluding hydrogens is 334 g/mol. The molecule has 3 nitrogen and oxygen atoms in total. The lowest BCUT2D eigenvalue weighted by Crippen LogP contribution is -2.21. The van der Waals surface area contributed by atoms with Crippen LogP contribution in [0, 0.1) is 6.92 Å². The lowest BCUT2D eigenvalue weighted by Gasteiger charge is -2.17. The molecule has 0 spiro atoms. The number of benzene rings is 3. The lowest BCUT2D eigenvalue weighted by molar-refractivity contribution is -0.117. The van der Waals surface area contributed by atoms with E-state index in [9.17, 15) is 4.79 Å². The number of hydrogen-bond donors (Lipinski definition) is 1. The van der Waals surface area contributed by atoms with Gasteiger partial charge in [0.1, 0.15) is 11.5 Å². The van der Waals surface area contributed by atoms with Gasteiger partial charge in [-0.25, -0.2) is 0 Å². The van der Waals surface area contributed by atoms with Gasteiger partial charge in [-0.15, -0.1) is 0 Å². The van der Waals surface area contributed by atoms with E-state index < -0.39 is 0 Å². The summed E-state index contributed by atoms with van der Waals surface area (Å²) in [6, 6.07) is 25.3. The Bertz CT molecular complexity index is 855. The lowest BCUT2D eigenvalue weighted by atomic mass is 9.93. The van der Waals surface area contributed by atoms with Gasteiger partial charge in [0.2, 0.25) is 5.91 Å². The average molecular weight is 359 g/mol. The molecular formula is C24H25NO2. The molecule has 138 valence electrons. The molecule has 3 rings (SSSR count). The summed E-state index contributed by atoms with van der Waals surface area (Å²) < 4.78 is 5.84. The second kappa shape index (κ2) is 9.04. The molecule has 0 unspecified atom stereocenters. The third-order valence-corrected chi connectivity index (χ3v) is 4.47. The molecule has 0 bridgehead atoms. The van der Waals surface area contributed by atoms with Gasteiger partial charge in [-0.3, -0.25) is 4.79 Å². The number of anilines is 1. The van der Waals surface area contributed by atoms with E-state index in [1.165, 1.54) is 5.56 Å². The summed E-state index contributed by atoms with van der Waals surface area (Å²) >= 11 is 0. The molecule has 3 aromatic rings. The Morgan fingerprint density at radius 1 is 0.889 bits per heavy atom. The summed E-state index contributed by atoms with van der Waals surface area (Å²) in [7, 11) is 0. The van der Waals surface area contributed by atoms with E-state index in [1.807, 2.05) is 85.8 Å². The highest BCUT2D eigenvalue weighted by Crippen LogP contribution is 2.26. The summed E-state index contributed by atoms with van der Waals surface area (Å²) in [5, 5.41) is 3.03. The second-order valence-electron chi connectivity index (χ2n) is 6.68. The third-order valence-electron chi connectivity index (χ3n) is 4.47. The predicted molar refractivity (Wildman–Crippen MR) is 110 cm³/mol. The Kier molecular flexibility index (Phi) is 6.26. The van der Waals surface area contributed by atoms with Gasteiger partial charge in [-0.05, 0) is 55.3 Å². The van der Waals surface area contributed by atoms with E-state index in [4.69, 9.17) is 4.74 Å². The molecule has 1 atom stereocenters. The SMILES string of the molecule is CCC[C@H](C(=O)Nc1ccc(Oc2ccc(C)cc2)cc1)c1ccccc1. The van der Waals surface area contributed by atoms with Crippen molar-refractivity contribution >= 4 is 11.6 Å². The molecule has 0 saturated heterocycles. The third kappa shape index (κ3) is 5.20. The number of ether oxygens (including phenoxy) is 1. The Balaban J connectivity index is 1.66. The molecule has 0 radical (unpaired) electrons. The van der Waals surface area contributed by atoms with Gasteiger partial charge in [0, 0.05) is 5.69 Å². The highest BCUT2D eigenvalue weighted by molar-refractivity contribution is 5.95. The maximum atomic E-state index is 12.8. The highest BCUT2D eigenvalue weighted by Gasteiger charge is 2.19. The Hall–Kier alpha value is -3.07. The van der Waals surface area contributed by atoms with Gasteiger partial charge in [0.05, 0.1) is 5.92 Å². The van der Waals surface area contributed by atoms with E-state index in [2.05, 4.69) is 12.2 Å². The monoisotopic (exact) mass is 359 g/mol. The molecule has 0 aliphatic carbocycles. The smallest absolute Gasteiger partial charge is 0.231 e. The minimum atomic E-state index is -0.139. The van der Waals surface area contributed by atoms with E-state index in [-0.39, 0.29) is 11.8 Å². The van der Waals surface area contributed by atoms with Crippen LogP contribution in [0.5, 0.6) is 11.5 Å². The van der Waals surface area contributed by atoms with Crippen LogP contribution in [0.4, 0.5) is 5.69 Å². The van der Waals surface area contributed by atoms with E-state index >= 15 is 0 Å². The van der Waals surface area contributed by atoms with Crippen LogP contribution in [-0.2, 0) is 4.79 Å². The first-order valence-corrected chi connectivity index (χ1v) is 9.36. The average Bonchev–Trinajstić information content (AvgIpc) is 2.70. The minimum Gasteiger partial charge on any atom is -0.457 e.